The van der Waals surface area contributed by atoms with Gasteiger partial charge in [-0.05, 0) is 34.5 Å². The summed E-state index contributed by atoms with van der Waals surface area (Å²) in [4.78, 5) is 8.45. The van der Waals surface area contributed by atoms with E-state index in [0.29, 0.717) is 17.4 Å². The number of aromatic nitrogens is 3. The first-order chi connectivity index (χ1) is 8.22. The standard InChI is InChI=1S/C11H13BrN4O/c1-2-4-8(13)10-15-11(17-16-10)9-7(12)5-3-6-14-9/h3,5-6,8H,2,4,13H2,1H3. The molecule has 2 heterocycles. The molecular formula is C11H13BrN4O. The Morgan fingerprint density at radius 1 is 1.53 bits per heavy atom. The number of hydrogen-bond donors (Lipinski definition) is 1. The summed E-state index contributed by atoms with van der Waals surface area (Å²) < 4.78 is 5.98. The van der Waals surface area contributed by atoms with Crippen LogP contribution in [-0.2, 0) is 0 Å². The Labute approximate surface area is 108 Å². The summed E-state index contributed by atoms with van der Waals surface area (Å²) in [5.74, 6) is 0.915. The number of hydrogen-bond acceptors (Lipinski definition) is 5. The van der Waals surface area contributed by atoms with Crippen molar-refractivity contribution >= 4 is 15.9 Å². The van der Waals surface area contributed by atoms with Crippen molar-refractivity contribution in [3.8, 4) is 11.6 Å². The topological polar surface area (TPSA) is 77.8 Å². The lowest BCUT2D eigenvalue weighted by Crippen LogP contribution is -2.11. The Morgan fingerprint density at radius 3 is 3.06 bits per heavy atom. The Balaban J connectivity index is 2.27. The van der Waals surface area contributed by atoms with Crippen molar-refractivity contribution in [2.75, 3.05) is 0 Å². The van der Waals surface area contributed by atoms with Gasteiger partial charge < -0.3 is 10.3 Å². The van der Waals surface area contributed by atoms with Crippen molar-refractivity contribution in [2.45, 2.75) is 25.8 Å². The lowest BCUT2D eigenvalue weighted by molar-refractivity contribution is 0.412. The lowest BCUT2D eigenvalue weighted by Gasteiger charge is -2.02. The van der Waals surface area contributed by atoms with Gasteiger partial charge in [0.1, 0.15) is 5.69 Å². The molecule has 2 N–H and O–H groups in total. The van der Waals surface area contributed by atoms with Gasteiger partial charge in [0.2, 0.25) is 0 Å². The molecule has 0 spiro atoms. The fourth-order valence-corrected chi connectivity index (χ4v) is 1.89. The third-order valence-corrected chi connectivity index (χ3v) is 2.97. The van der Waals surface area contributed by atoms with E-state index >= 15 is 0 Å². The average molecular weight is 297 g/mol. The normalized spacial score (nSPS) is 12.6. The minimum Gasteiger partial charge on any atom is -0.332 e. The average Bonchev–Trinajstić information content (AvgIpc) is 2.79. The van der Waals surface area contributed by atoms with Crippen molar-refractivity contribution in [1.82, 2.24) is 15.1 Å². The Hall–Kier alpha value is -1.27. The molecular weight excluding hydrogens is 284 g/mol. The molecule has 0 aliphatic carbocycles. The van der Waals surface area contributed by atoms with E-state index in [4.69, 9.17) is 10.3 Å². The van der Waals surface area contributed by atoms with Crippen molar-refractivity contribution in [2.24, 2.45) is 5.73 Å². The largest absolute Gasteiger partial charge is 0.332 e. The van der Waals surface area contributed by atoms with Crippen molar-refractivity contribution in [3.63, 3.8) is 0 Å². The smallest absolute Gasteiger partial charge is 0.277 e. The zero-order valence-corrected chi connectivity index (χ0v) is 11.0. The van der Waals surface area contributed by atoms with Gasteiger partial charge in [-0.1, -0.05) is 18.5 Å². The molecule has 1 unspecified atom stereocenters. The van der Waals surface area contributed by atoms with Crippen LogP contribution in [0, 0.1) is 0 Å². The van der Waals surface area contributed by atoms with Gasteiger partial charge in [-0.25, -0.2) is 4.98 Å². The summed E-state index contributed by atoms with van der Waals surface area (Å²) in [6.07, 6.45) is 3.50. The number of nitrogens with two attached hydrogens (primary N) is 1. The zero-order valence-electron chi connectivity index (χ0n) is 9.43. The molecule has 0 saturated heterocycles. The Kier molecular flexibility index (Phi) is 3.86. The predicted octanol–water partition coefficient (Wildman–Crippen LogP) is 2.69. The first-order valence-electron chi connectivity index (χ1n) is 5.42. The van der Waals surface area contributed by atoms with E-state index < -0.39 is 0 Å². The molecule has 0 aromatic carbocycles. The first-order valence-corrected chi connectivity index (χ1v) is 6.21. The molecule has 0 aliphatic rings. The molecule has 1 atom stereocenters. The fourth-order valence-electron chi connectivity index (χ4n) is 1.46. The number of rotatable bonds is 4. The van der Waals surface area contributed by atoms with Crippen LogP contribution >= 0.6 is 15.9 Å². The van der Waals surface area contributed by atoms with Crippen LogP contribution in [-0.4, -0.2) is 15.1 Å². The van der Waals surface area contributed by atoms with E-state index in [-0.39, 0.29) is 6.04 Å². The minimum absolute atomic E-state index is 0.181. The molecule has 0 fully saturated rings. The molecule has 0 amide bonds. The summed E-state index contributed by atoms with van der Waals surface area (Å²) in [5.41, 5.74) is 6.55. The van der Waals surface area contributed by atoms with E-state index in [1.807, 2.05) is 12.1 Å². The zero-order chi connectivity index (χ0) is 12.3. The third kappa shape index (κ3) is 2.70. The van der Waals surface area contributed by atoms with Crippen molar-refractivity contribution in [3.05, 3.63) is 28.6 Å². The van der Waals surface area contributed by atoms with E-state index in [9.17, 15) is 0 Å². The second-order valence-corrected chi connectivity index (χ2v) is 4.54. The van der Waals surface area contributed by atoms with E-state index in [1.165, 1.54) is 0 Å². The van der Waals surface area contributed by atoms with Gasteiger partial charge in [-0.2, -0.15) is 4.98 Å². The van der Waals surface area contributed by atoms with Gasteiger partial charge >= 0.3 is 0 Å². The van der Waals surface area contributed by atoms with Crippen molar-refractivity contribution < 1.29 is 4.52 Å². The number of nitrogens with zero attached hydrogens (tertiary/aromatic N) is 3. The SMILES string of the molecule is CCCC(N)c1noc(-c2ncccc2Br)n1. The maximum absolute atomic E-state index is 5.92. The van der Waals surface area contributed by atoms with Gasteiger partial charge in [0.25, 0.3) is 5.89 Å². The molecule has 0 saturated carbocycles. The van der Waals surface area contributed by atoms with Crippen LogP contribution < -0.4 is 5.73 Å². The van der Waals surface area contributed by atoms with E-state index in [0.717, 1.165) is 17.3 Å². The van der Waals surface area contributed by atoms with Crippen LogP contribution in [0.25, 0.3) is 11.6 Å². The summed E-state index contributed by atoms with van der Waals surface area (Å²) in [5, 5.41) is 3.88. The number of pyridine rings is 1. The molecule has 2 rings (SSSR count). The van der Waals surface area contributed by atoms with Crippen LogP contribution in [0.4, 0.5) is 0 Å². The Bertz CT molecular complexity index is 500. The molecule has 0 radical (unpaired) electrons. The van der Waals surface area contributed by atoms with Crippen LogP contribution in [0.5, 0.6) is 0 Å². The summed E-state index contributed by atoms with van der Waals surface area (Å²) in [6.45, 7) is 2.07. The van der Waals surface area contributed by atoms with Crippen LogP contribution in [0.1, 0.15) is 31.6 Å². The molecule has 17 heavy (non-hydrogen) atoms. The highest BCUT2D eigenvalue weighted by molar-refractivity contribution is 9.10. The summed E-state index contributed by atoms with van der Waals surface area (Å²) in [7, 11) is 0. The molecule has 90 valence electrons. The van der Waals surface area contributed by atoms with Gasteiger partial charge in [0.15, 0.2) is 5.82 Å². The highest BCUT2D eigenvalue weighted by Crippen LogP contribution is 2.25. The van der Waals surface area contributed by atoms with Crippen molar-refractivity contribution in [1.29, 1.82) is 0 Å². The fraction of sp³-hybridized carbons (Fsp3) is 0.364. The quantitative estimate of drug-likeness (QED) is 0.938. The van der Waals surface area contributed by atoms with Crippen LogP contribution in [0.3, 0.4) is 0 Å². The molecule has 0 aliphatic heterocycles. The second kappa shape index (κ2) is 5.37. The number of halogens is 1. The lowest BCUT2D eigenvalue weighted by atomic mass is 10.2. The van der Waals surface area contributed by atoms with Gasteiger partial charge in [0.05, 0.1) is 6.04 Å². The molecule has 0 bridgehead atoms. The maximum Gasteiger partial charge on any atom is 0.277 e. The summed E-state index contributed by atoms with van der Waals surface area (Å²) in [6, 6.07) is 3.52. The third-order valence-electron chi connectivity index (χ3n) is 2.33. The van der Waals surface area contributed by atoms with Gasteiger partial charge in [-0.15, -0.1) is 0 Å². The van der Waals surface area contributed by atoms with Crippen LogP contribution in [0.15, 0.2) is 27.3 Å². The van der Waals surface area contributed by atoms with E-state index in [2.05, 4.69) is 38.0 Å². The highest BCUT2D eigenvalue weighted by Gasteiger charge is 2.16. The highest BCUT2D eigenvalue weighted by atomic mass is 79.9. The summed E-state index contributed by atoms with van der Waals surface area (Å²) >= 11 is 3.39. The Morgan fingerprint density at radius 2 is 2.35 bits per heavy atom. The second-order valence-electron chi connectivity index (χ2n) is 3.69. The van der Waals surface area contributed by atoms with Gasteiger partial charge in [0, 0.05) is 10.7 Å². The van der Waals surface area contributed by atoms with Gasteiger partial charge in [-0.3, -0.25) is 0 Å². The minimum atomic E-state index is -0.181. The first kappa shape index (κ1) is 12.2. The predicted molar refractivity (Wildman–Crippen MR) is 67.1 cm³/mol. The monoisotopic (exact) mass is 296 g/mol. The molecule has 2 aromatic rings. The molecule has 2 aromatic heterocycles. The molecule has 6 heteroatoms. The van der Waals surface area contributed by atoms with E-state index in [1.54, 1.807) is 6.20 Å². The molecule has 5 nitrogen and oxygen atoms in total. The van der Waals surface area contributed by atoms with Crippen LogP contribution in [0.2, 0.25) is 0 Å². The maximum atomic E-state index is 5.92.